The topological polar surface area (TPSA) is 47.0 Å². The molecule has 2 rings (SSSR count). The predicted molar refractivity (Wildman–Crippen MR) is 81.7 cm³/mol. The van der Waals surface area contributed by atoms with E-state index < -0.39 is 5.82 Å². The third-order valence-corrected chi connectivity index (χ3v) is 3.15. The van der Waals surface area contributed by atoms with E-state index in [2.05, 4.69) is 22.2 Å². The number of halogens is 2. The van der Waals surface area contributed by atoms with Crippen molar-refractivity contribution in [3.8, 4) is 11.6 Å². The number of hydrogen-bond acceptors (Lipinski definition) is 4. The van der Waals surface area contributed by atoms with Crippen LogP contribution in [0.1, 0.15) is 25.8 Å². The Labute approximate surface area is 128 Å². The average molecular weight is 310 g/mol. The Hall–Kier alpha value is -1.88. The first-order valence-electron chi connectivity index (χ1n) is 6.86. The maximum atomic E-state index is 13.1. The van der Waals surface area contributed by atoms with Crippen LogP contribution in [0.2, 0.25) is 5.02 Å². The number of hydrogen-bond donors (Lipinski definition) is 1. The second-order valence-electron chi connectivity index (χ2n) is 4.46. The molecular formula is C15H17ClFN3O. The second-order valence-corrected chi connectivity index (χ2v) is 4.87. The third-order valence-electron chi connectivity index (χ3n) is 2.85. The maximum absolute atomic E-state index is 13.1. The summed E-state index contributed by atoms with van der Waals surface area (Å²) >= 11 is 5.99. The molecular weight excluding hydrogens is 293 g/mol. The summed E-state index contributed by atoms with van der Waals surface area (Å²) in [5.41, 5.74) is 0.891. The fourth-order valence-electron chi connectivity index (χ4n) is 1.94. The van der Waals surface area contributed by atoms with Crippen LogP contribution in [0, 0.1) is 5.82 Å². The zero-order chi connectivity index (χ0) is 15.2. The molecule has 2 aromatic rings. The molecule has 0 saturated heterocycles. The van der Waals surface area contributed by atoms with E-state index in [1.807, 2.05) is 6.92 Å². The molecule has 0 aliphatic heterocycles. The van der Waals surface area contributed by atoms with Gasteiger partial charge in [-0.25, -0.2) is 14.4 Å². The van der Waals surface area contributed by atoms with Crippen LogP contribution in [0.25, 0.3) is 0 Å². The smallest absolute Gasteiger partial charge is 0.227 e. The lowest BCUT2D eigenvalue weighted by Gasteiger charge is -2.14. The molecule has 0 aliphatic carbocycles. The van der Waals surface area contributed by atoms with E-state index in [0.717, 1.165) is 30.8 Å². The van der Waals surface area contributed by atoms with Gasteiger partial charge in [0.15, 0.2) is 0 Å². The van der Waals surface area contributed by atoms with Crippen molar-refractivity contribution in [2.24, 2.45) is 0 Å². The number of nitrogens with one attached hydrogen (secondary N) is 1. The van der Waals surface area contributed by atoms with Crippen LogP contribution < -0.4 is 10.1 Å². The fraction of sp³-hybridized carbons (Fsp3) is 0.333. The van der Waals surface area contributed by atoms with Crippen molar-refractivity contribution in [3.05, 3.63) is 40.9 Å². The maximum Gasteiger partial charge on any atom is 0.227 e. The zero-order valence-electron chi connectivity index (χ0n) is 12.0. The van der Waals surface area contributed by atoms with Crippen molar-refractivity contribution in [1.82, 2.24) is 9.97 Å². The van der Waals surface area contributed by atoms with Crippen LogP contribution >= 0.6 is 11.6 Å². The number of ether oxygens (including phenoxy) is 1. The largest absolute Gasteiger partial charge is 0.437 e. The molecule has 112 valence electrons. The van der Waals surface area contributed by atoms with Gasteiger partial charge in [0.1, 0.15) is 23.7 Å². The number of anilines is 1. The van der Waals surface area contributed by atoms with Crippen molar-refractivity contribution in [1.29, 1.82) is 0 Å². The normalized spacial score (nSPS) is 10.5. The molecule has 0 radical (unpaired) electrons. The first kappa shape index (κ1) is 15.5. The SMILES string of the molecule is CCCc1c(NCC)ncnc1Oc1ccc(F)cc1Cl. The van der Waals surface area contributed by atoms with Gasteiger partial charge in [-0.2, -0.15) is 0 Å². The van der Waals surface area contributed by atoms with E-state index in [-0.39, 0.29) is 5.02 Å². The molecule has 0 spiro atoms. The van der Waals surface area contributed by atoms with Gasteiger partial charge in [-0.05, 0) is 31.5 Å². The van der Waals surface area contributed by atoms with Crippen LogP contribution in [0.3, 0.4) is 0 Å². The fourth-order valence-corrected chi connectivity index (χ4v) is 2.15. The average Bonchev–Trinajstić information content (AvgIpc) is 2.45. The molecule has 0 bridgehead atoms. The van der Waals surface area contributed by atoms with E-state index in [1.165, 1.54) is 24.5 Å². The standard InChI is InChI=1S/C15H17ClFN3O/c1-3-5-11-14(18-4-2)19-9-20-15(11)21-13-7-6-10(17)8-12(13)16/h6-9H,3-5H2,1-2H3,(H,18,19,20). The summed E-state index contributed by atoms with van der Waals surface area (Å²) < 4.78 is 18.8. The Morgan fingerprint density at radius 2 is 2.10 bits per heavy atom. The molecule has 0 unspecified atom stereocenters. The molecule has 1 N–H and O–H groups in total. The molecule has 0 amide bonds. The van der Waals surface area contributed by atoms with Crippen LogP contribution in [-0.4, -0.2) is 16.5 Å². The zero-order valence-corrected chi connectivity index (χ0v) is 12.7. The van der Waals surface area contributed by atoms with E-state index >= 15 is 0 Å². The van der Waals surface area contributed by atoms with Gasteiger partial charge in [0, 0.05) is 6.54 Å². The van der Waals surface area contributed by atoms with E-state index in [4.69, 9.17) is 16.3 Å². The lowest BCUT2D eigenvalue weighted by molar-refractivity contribution is 0.453. The van der Waals surface area contributed by atoms with E-state index in [1.54, 1.807) is 0 Å². The van der Waals surface area contributed by atoms with Gasteiger partial charge < -0.3 is 10.1 Å². The number of benzene rings is 1. The number of rotatable bonds is 6. The summed E-state index contributed by atoms with van der Waals surface area (Å²) in [6.07, 6.45) is 3.14. The molecule has 0 saturated carbocycles. The minimum absolute atomic E-state index is 0.209. The van der Waals surface area contributed by atoms with Crippen molar-refractivity contribution < 1.29 is 9.13 Å². The molecule has 6 heteroatoms. The molecule has 0 aliphatic rings. The summed E-state index contributed by atoms with van der Waals surface area (Å²) in [7, 11) is 0. The van der Waals surface area contributed by atoms with Gasteiger partial charge in [0.2, 0.25) is 5.88 Å². The summed E-state index contributed by atoms with van der Waals surface area (Å²) in [4.78, 5) is 8.40. The highest BCUT2D eigenvalue weighted by atomic mass is 35.5. The van der Waals surface area contributed by atoms with Crippen molar-refractivity contribution in [3.63, 3.8) is 0 Å². The summed E-state index contributed by atoms with van der Waals surface area (Å²) in [5.74, 6) is 1.16. The molecule has 0 atom stereocenters. The Bertz CT molecular complexity index is 622. The van der Waals surface area contributed by atoms with E-state index in [0.29, 0.717) is 11.6 Å². The van der Waals surface area contributed by atoms with Crippen molar-refractivity contribution in [2.45, 2.75) is 26.7 Å². The predicted octanol–water partition coefficient (Wildman–Crippen LogP) is 4.45. The Kier molecular flexibility index (Phi) is 5.33. The van der Waals surface area contributed by atoms with Crippen LogP contribution in [0.4, 0.5) is 10.2 Å². The summed E-state index contributed by atoms with van der Waals surface area (Å²) in [6.45, 7) is 4.82. The minimum Gasteiger partial charge on any atom is -0.437 e. The molecule has 21 heavy (non-hydrogen) atoms. The van der Waals surface area contributed by atoms with Crippen molar-refractivity contribution in [2.75, 3.05) is 11.9 Å². The lowest BCUT2D eigenvalue weighted by atomic mass is 10.1. The Morgan fingerprint density at radius 3 is 2.76 bits per heavy atom. The van der Waals surface area contributed by atoms with Gasteiger partial charge in [0.05, 0.1) is 10.6 Å². The highest BCUT2D eigenvalue weighted by molar-refractivity contribution is 6.32. The molecule has 0 fully saturated rings. The summed E-state index contributed by atoms with van der Waals surface area (Å²) in [6, 6.07) is 4.00. The summed E-state index contributed by atoms with van der Waals surface area (Å²) in [5, 5.41) is 3.40. The first-order valence-corrected chi connectivity index (χ1v) is 7.24. The molecule has 1 aromatic heterocycles. The highest BCUT2D eigenvalue weighted by Gasteiger charge is 2.14. The number of aromatic nitrogens is 2. The quantitative estimate of drug-likeness (QED) is 0.856. The van der Waals surface area contributed by atoms with Crippen LogP contribution in [0.5, 0.6) is 11.6 Å². The Morgan fingerprint density at radius 1 is 1.29 bits per heavy atom. The first-order chi connectivity index (χ1) is 10.2. The van der Waals surface area contributed by atoms with E-state index in [9.17, 15) is 4.39 Å². The second kappa shape index (κ2) is 7.22. The minimum atomic E-state index is -0.405. The van der Waals surface area contributed by atoms with Gasteiger partial charge in [-0.3, -0.25) is 0 Å². The lowest BCUT2D eigenvalue weighted by Crippen LogP contribution is -2.06. The van der Waals surface area contributed by atoms with Crippen LogP contribution in [0.15, 0.2) is 24.5 Å². The van der Waals surface area contributed by atoms with Crippen LogP contribution in [-0.2, 0) is 6.42 Å². The number of nitrogens with zero attached hydrogens (tertiary/aromatic N) is 2. The highest BCUT2D eigenvalue weighted by Crippen LogP contribution is 2.32. The molecule has 1 aromatic carbocycles. The monoisotopic (exact) mass is 309 g/mol. The van der Waals surface area contributed by atoms with Gasteiger partial charge in [0.25, 0.3) is 0 Å². The van der Waals surface area contributed by atoms with Gasteiger partial charge in [-0.1, -0.05) is 24.9 Å². The van der Waals surface area contributed by atoms with Gasteiger partial charge >= 0.3 is 0 Å². The third kappa shape index (κ3) is 3.82. The molecule has 1 heterocycles. The molecule has 4 nitrogen and oxygen atoms in total. The Balaban J connectivity index is 2.36. The van der Waals surface area contributed by atoms with Gasteiger partial charge in [-0.15, -0.1) is 0 Å². The van der Waals surface area contributed by atoms with Crippen molar-refractivity contribution >= 4 is 17.4 Å².